The monoisotopic (exact) mass is 251 g/mol. The molecule has 0 aliphatic carbocycles. The van der Waals surface area contributed by atoms with Crippen LogP contribution in [0.1, 0.15) is 26.3 Å². The first-order valence-electron chi connectivity index (χ1n) is 6.47. The van der Waals surface area contributed by atoms with E-state index in [1.165, 1.54) is 0 Å². The maximum atomic E-state index is 14.1. The minimum atomic E-state index is -0.202. The first kappa shape index (κ1) is 13.3. The maximum absolute atomic E-state index is 14.1. The Balaban J connectivity index is 2.20. The van der Waals surface area contributed by atoms with Crippen LogP contribution in [0.25, 0.3) is 0 Å². The van der Waals surface area contributed by atoms with E-state index in [0.29, 0.717) is 5.82 Å². The van der Waals surface area contributed by atoms with E-state index in [1.807, 2.05) is 4.90 Å². The molecule has 18 heavy (non-hydrogen) atoms. The molecule has 1 aromatic heterocycles. The molecule has 1 fully saturated rings. The smallest absolute Gasteiger partial charge is 0.165 e. The number of hydrogen-bond acceptors (Lipinski definition) is 3. The highest BCUT2D eigenvalue weighted by Gasteiger charge is 2.21. The molecule has 1 aliphatic rings. The molecule has 2 heterocycles. The van der Waals surface area contributed by atoms with E-state index in [4.69, 9.17) is 0 Å². The van der Waals surface area contributed by atoms with E-state index in [0.717, 1.165) is 31.7 Å². The molecular weight excluding hydrogens is 229 g/mol. The number of aromatic nitrogens is 1. The van der Waals surface area contributed by atoms with E-state index in [9.17, 15) is 4.39 Å². The molecule has 1 saturated heterocycles. The van der Waals surface area contributed by atoms with Crippen molar-refractivity contribution >= 4 is 5.82 Å². The maximum Gasteiger partial charge on any atom is 0.165 e. The fraction of sp³-hybridized carbons (Fsp3) is 0.643. The van der Waals surface area contributed by atoms with E-state index in [-0.39, 0.29) is 11.2 Å². The van der Waals surface area contributed by atoms with Gasteiger partial charge in [-0.2, -0.15) is 0 Å². The minimum Gasteiger partial charge on any atom is -0.352 e. The Kier molecular flexibility index (Phi) is 3.57. The summed E-state index contributed by atoms with van der Waals surface area (Å²) in [6.07, 6.45) is 1.80. The number of piperazine rings is 1. The molecule has 3 nitrogen and oxygen atoms in total. The predicted molar refractivity (Wildman–Crippen MR) is 72.6 cm³/mol. The summed E-state index contributed by atoms with van der Waals surface area (Å²) in [7, 11) is 2.09. The van der Waals surface area contributed by atoms with Crippen molar-refractivity contribution in [3.05, 3.63) is 23.6 Å². The van der Waals surface area contributed by atoms with Gasteiger partial charge in [-0.25, -0.2) is 9.37 Å². The zero-order chi connectivity index (χ0) is 13.3. The first-order valence-corrected chi connectivity index (χ1v) is 6.47. The molecule has 0 bridgehead atoms. The molecule has 0 atom stereocenters. The second kappa shape index (κ2) is 4.84. The summed E-state index contributed by atoms with van der Waals surface area (Å²) in [5.74, 6) is 0.295. The third-order valence-electron chi connectivity index (χ3n) is 3.49. The second-order valence-corrected chi connectivity index (χ2v) is 6.07. The summed E-state index contributed by atoms with van der Waals surface area (Å²) in [4.78, 5) is 8.60. The summed E-state index contributed by atoms with van der Waals surface area (Å²) < 4.78 is 14.1. The number of anilines is 1. The van der Waals surface area contributed by atoms with Gasteiger partial charge >= 0.3 is 0 Å². The quantitative estimate of drug-likeness (QED) is 0.763. The van der Waals surface area contributed by atoms with Gasteiger partial charge in [0.1, 0.15) is 0 Å². The largest absolute Gasteiger partial charge is 0.352 e. The van der Waals surface area contributed by atoms with Crippen molar-refractivity contribution in [3.8, 4) is 0 Å². The Labute approximate surface area is 109 Å². The molecule has 1 aliphatic heterocycles. The number of nitrogens with zero attached hydrogens (tertiary/aromatic N) is 3. The van der Waals surface area contributed by atoms with Crippen LogP contribution in [0.4, 0.5) is 10.2 Å². The molecular formula is C14H22FN3. The second-order valence-electron chi connectivity index (χ2n) is 6.07. The summed E-state index contributed by atoms with van der Waals surface area (Å²) in [5, 5.41) is 0. The van der Waals surface area contributed by atoms with Crippen LogP contribution >= 0.6 is 0 Å². The van der Waals surface area contributed by atoms with Crippen molar-refractivity contribution in [2.45, 2.75) is 26.2 Å². The van der Waals surface area contributed by atoms with Crippen molar-refractivity contribution in [3.63, 3.8) is 0 Å². The van der Waals surface area contributed by atoms with Crippen LogP contribution < -0.4 is 4.90 Å². The number of pyridine rings is 1. The fourth-order valence-electron chi connectivity index (χ4n) is 2.09. The predicted octanol–water partition coefficient (Wildman–Crippen LogP) is 2.27. The van der Waals surface area contributed by atoms with Gasteiger partial charge in [0.25, 0.3) is 0 Å². The van der Waals surface area contributed by atoms with Gasteiger partial charge in [-0.15, -0.1) is 0 Å². The summed E-state index contributed by atoms with van der Waals surface area (Å²) in [5.41, 5.74) is 0.881. The highest BCUT2D eigenvalue weighted by atomic mass is 19.1. The third kappa shape index (κ3) is 2.80. The van der Waals surface area contributed by atoms with Crippen molar-refractivity contribution in [2.75, 3.05) is 38.1 Å². The average Bonchev–Trinajstić information content (AvgIpc) is 2.29. The first-order chi connectivity index (χ1) is 8.38. The average molecular weight is 251 g/mol. The molecule has 4 heteroatoms. The van der Waals surface area contributed by atoms with Gasteiger partial charge in [0.05, 0.1) is 0 Å². The Morgan fingerprint density at radius 2 is 1.78 bits per heavy atom. The fourth-order valence-corrected chi connectivity index (χ4v) is 2.09. The molecule has 2 rings (SSSR count). The van der Waals surface area contributed by atoms with Crippen LogP contribution in [-0.2, 0) is 5.41 Å². The van der Waals surface area contributed by atoms with E-state index < -0.39 is 0 Å². The molecule has 0 radical (unpaired) electrons. The topological polar surface area (TPSA) is 19.4 Å². The van der Waals surface area contributed by atoms with Crippen molar-refractivity contribution in [1.82, 2.24) is 9.88 Å². The van der Waals surface area contributed by atoms with E-state index in [1.54, 1.807) is 12.3 Å². The van der Waals surface area contributed by atoms with Crippen molar-refractivity contribution < 1.29 is 4.39 Å². The van der Waals surface area contributed by atoms with Crippen LogP contribution in [0, 0.1) is 5.82 Å². The lowest BCUT2D eigenvalue weighted by molar-refractivity contribution is 0.310. The molecule has 1 aromatic rings. The van der Waals surface area contributed by atoms with Crippen LogP contribution in [0.2, 0.25) is 0 Å². The SMILES string of the molecule is CN1CCN(c2ncc(C(C)(C)C)cc2F)CC1. The van der Waals surface area contributed by atoms with Gasteiger partial charge < -0.3 is 9.80 Å². The lowest BCUT2D eigenvalue weighted by Crippen LogP contribution is -2.45. The zero-order valence-electron chi connectivity index (χ0n) is 11.7. The summed E-state index contributed by atoms with van der Waals surface area (Å²) in [6.45, 7) is 9.81. The standard InChI is InChI=1S/C14H22FN3/c1-14(2,3)11-9-12(15)13(16-10-11)18-7-5-17(4)6-8-18/h9-10H,5-8H2,1-4H3. The van der Waals surface area contributed by atoms with Crippen LogP contribution in [0.15, 0.2) is 12.3 Å². The Morgan fingerprint density at radius 3 is 2.28 bits per heavy atom. The lowest BCUT2D eigenvalue weighted by atomic mass is 9.88. The van der Waals surface area contributed by atoms with Gasteiger partial charge in [0.15, 0.2) is 11.6 Å². The number of hydrogen-bond donors (Lipinski definition) is 0. The number of halogens is 1. The molecule has 0 saturated carbocycles. The van der Waals surface area contributed by atoms with Gasteiger partial charge in [0, 0.05) is 32.4 Å². The Hall–Kier alpha value is -1.16. The molecule has 0 spiro atoms. The van der Waals surface area contributed by atoms with Gasteiger partial charge in [-0.05, 0) is 24.1 Å². The Morgan fingerprint density at radius 1 is 1.17 bits per heavy atom. The third-order valence-corrected chi connectivity index (χ3v) is 3.49. The highest BCUT2D eigenvalue weighted by Crippen LogP contribution is 2.26. The van der Waals surface area contributed by atoms with Gasteiger partial charge in [-0.3, -0.25) is 0 Å². The zero-order valence-corrected chi connectivity index (χ0v) is 11.7. The highest BCUT2D eigenvalue weighted by molar-refractivity contribution is 5.42. The number of likely N-dealkylation sites (N-methyl/N-ethyl adjacent to an activating group) is 1. The van der Waals surface area contributed by atoms with Crippen molar-refractivity contribution in [1.29, 1.82) is 0 Å². The summed E-state index contributed by atoms with van der Waals surface area (Å²) in [6, 6.07) is 1.63. The van der Waals surface area contributed by atoms with Gasteiger partial charge in [-0.1, -0.05) is 20.8 Å². The lowest BCUT2D eigenvalue weighted by Gasteiger charge is -2.33. The molecule has 100 valence electrons. The van der Waals surface area contributed by atoms with Gasteiger partial charge in [0.2, 0.25) is 0 Å². The minimum absolute atomic E-state index is 0.0610. The normalized spacial score (nSPS) is 18.2. The van der Waals surface area contributed by atoms with E-state index in [2.05, 4.69) is 37.7 Å². The van der Waals surface area contributed by atoms with Crippen LogP contribution in [0.5, 0.6) is 0 Å². The molecule has 0 unspecified atom stereocenters. The Bertz CT molecular complexity index is 418. The van der Waals surface area contributed by atoms with Crippen molar-refractivity contribution in [2.24, 2.45) is 0 Å². The van der Waals surface area contributed by atoms with Crippen LogP contribution in [0.3, 0.4) is 0 Å². The molecule has 0 aromatic carbocycles. The van der Waals surface area contributed by atoms with E-state index >= 15 is 0 Å². The van der Waals surface area contributed by atoms with Crippen LogP contribution in [-0.4, -0.2) is 43.1 Å². The molecule has 0 N–H and O–H groups in total. The molecule has 0 amide bonds. The number of rotatable bonds is 1. The summed E-state index contributed by atoms with van der Waals surface area (Å²) >= 11 is 0.